The van der Waals surface area contributed by atoms with Crippen molar-refractivity contribution in [2.24, 2.45) is 0 Å². The van der Waals surface area contributed by atoms with E-state index in [-0.39, 0.29) is 11.8 Å². The van der Waals surface area contributed by atoms with Crippen molar-refractivity contribution >= 4 is 34.6 Å². The quantitative estimate of drug-likeness (QED) is 0.258. The lowest BCUT2D eigenvalue weighted by Gasteiger charge is -2.11. The fourth-order valence-corrected chi connectivity index (χ4v) is 3.66. The first kappa shape index (κ1) is 26.0. The number of para-hydroxylation sites is 2. The van der Waals surface area contributed by atoms with Crippen molar-refractivity contribution in [2.45, 2.75) is 27.7 Å². The Balaban J connectivity index is 0.000000201. The first-order chi connectivity index (χ1) is 17.2. The van der Waals surface area contributed by atoms with Crippen LogP contribution in [0.4, 0.5) is 22.7 Å². The Morgan fingerprint density at radius 2 is 0.778 bits per heavy atom. The molecule has 0 spiro atoms. The van der Waals surface area contributed by atoms with E-state index < -0.39 is 0 Å². The predicted octanol–water partition coefficient (Wildman–Crippen LogP) is 6.28. The van der Waals surface area contributed by atoms with Crippen LogP contribution >= 0.6 is 0 Å². The topological polar surface area (TPSA) is 110 Å². The van der Waals surface area contributed by atoms with Crippen LogP contribution in [-0.4, -0.2) is 11.8 Å². The summed E-state index contributed by atoms with van der Waals surface area (Å²) < 4.78 is 0. The van der Waals surface area contributed by atoms with Gasteiger partial charge in [-0.1, -0.05) is 36.4 Å². The molecule has 0 fully saturated rings. The number of hydrogen-bond acceptors (Lipinski definition) is 4. The third-order valence-electron chi connectivity index (χ3n) is 5.79. The van der Waals surface area contributed by atoms with Crippen molar-refractivity contribution in [3.63, 3.8) is 0 Å². The second kappa shape index (κ2) is 11.7. The van der Waals surface area contributed by atoms with Crippen molar-refractivity contribution in [1.82, 2.24) is 0 Å². The van der Waals surface area contributed by atoms with Crippen LogP contribution in [0.1, 0.15) is 43.0 Å². The van der Waals surface area contributed by atoms with Crippen molar-refractivity contribution in [2.75, 3.05) is 22.1 Å². The van der Waals surface area contributed by atoms with Crippen LogP contribution in [0.2, 0.25) is 0 Å². The lowest BCUT2D eigenvalue weighted by molar-refractivity contribution is 0.101. The standard InChI is InChI=1S/2C15H16N2O/c2*1-10-4-3-5-11(2)14(10)17-15(18)12-6-8-13(16)9-7-12/h2*3-9H,16H2,1-2H3,(H,17,18). The molecule has 0 saturated heterocycles. The van der Waals surface area contributed by atoms with E-state index in [1.54, 1.807) is 48.5 Å². The van der Waals surface area contributed by atoms with Gasteiger partial charge in [0.1, 0.15) is 0 Å². The summed E-state index contributed by atoms with van der Waals surface area (Å²) in [5, 5.41) is 5.87. The summed E-state index contributed by atoms with van der Waals surface area (Å²) in [6.45, 7) is 7.91. The second-order valence-electron chi connectivity index (χ2n) is 8.69. The van der Waals surface area contributed by atoms with Crippen LogP contribution in [0.3, 0.4) is 0 Å². The van der Waals surface area contributed by atoms with E-state index in [9.17, 15) is 9.59 Å². The zero-order valence-electron chi connectivity index (χ0n) is 21.1. The highest BCUT2D eigenvalue weighted by molar-refractivity contribution is 6.05. The molecule has 0 heterocycles. The Kier molecular flexibility index (Phi) is 8.47. The molecule has 0 aliphatic heterocycles. The van der Waals surface area contributed by atoms with Gasteiger partial charge in [0.25, 0.3) is 11.8 Å². The summed E-state index contributed by atoms with van der Waals surface area (Å²) in [5.41, 5.74) is 19.7. The molecule has 0 aromatic heterocycles. The Labute approximate surface area is 212 Å². The van der Waals surface area contributed by atoms with E-state index in [1.807, 2.05) is 64.1 Å². The molecule has 0 radical (unpaired) electrons. The fraction of sp³-hybridized carbons (Fsp3) is 0.133. The van der Waals surface area contributed by atoms with Gasteiger partial charge in [0.05, 0.1) is 0 Å². The number of benzene rings is 4. The smallest absolute Gasteiger partial charge is 0.255 e. The second-order valence-corrected chi connectivity index (χ2v) is 8.69. The van der Waals surface area contributed by atoms with Gasteiger partial charge < -0.3 is 22.1 Å². The van der Waals surface area contributed by atoms with Gasteiger partial charge in [0, 0.05) is 33.9 Å². The van der Waals surface area contributed by atoms with E-state index in [4.69, 9.17) is 11.5 Å². The molecule has 0 aliphatic rings. The summed E-state index contributed by atoms with van der Waals surface area (Å²) in [4.78, 5) is 24.2. The number of amides is 2. The monoisotopic (exact) mass is 480 g/mol. The van der Waals surface area contributed by atoms with Crippen LogP contribution in [-0.2, 0) is 0 Å². The lowest BCUT2D eigenvalue weighted by Crippen LogP contribution is -2.13. The highest BCUT2D eigenvalue weighted by Crippen LogP contribution is 2.21. The molecule has 2 amide bonds. The van der Waals surface area contributed by atoms with Gasteiger partial charge in [-0.15, -0.1) is 0 Å². The molecule has 4 aromatic rings. The van der Waals surface area contributed by atoms with Gasteiger partial charge in [-0.2, -0.15) is 0 Å². The maximum atomic E-state index is 12.1. The molecule has 184 valence electrons. The van der Waals surface area contributed by atoms with E-state index in [0.29, 0.717) is 22.5 Å². The summed E-state index contributed by atoms with van der Waals surface area (Å²) in [5.74, 6) is -0.236. The Bertz CT molecular complexity index is 1210. The molecule has 0 atom stereocenters. The van der Waals surface area contributed by atoms with E-state index in [0.717, 1.165) is 33.6 Å². The number of nitrogen functional groups attached to an aromatic ring is 2. The minimum atomic E-state index is -0.118. The summed E-state index contributed by atoms with van der Waals surface area (Å²) in [6, 6.07) is 25.6. The number of nitrogens with two attached hydrogens (primary N) is 2. The summed E-state index contributed by atoms with van der Waals surface area (Å²) >= 11 is 0. The van der Waals surface area contributed by atoms with Gasteiger partial charge in [0.2, 0.25) is 0 Å². The maximum absolute atomic E-state index is 12.1. The average Bonchev–Trinajstić information content (AvgIpc) is 2.85. The highest BCUT2D eigenvalue weighted by atomic mass is 16.2. The van der Waals surface area contributed by atoms with Gasteiger partial charge in [-0.25, -0.2) is 0 Å². The number of rotatable bonds is 4. The molecule has 6 nitrogen and oxygen atoms in total. The fourth-order valence-electron chi connectivity index (χ4n) is 3.66. The third kappa shape index (κ3) is 6.73. The normalized spacial score (nSPS) is 10.1. The highest BCUT2D eigenvalue weighted by Gasteiger charge is 2.10. The molecule has 6 N–H and O–H groups in total. The number of carbonyl (C=O) groups excluding carboxylic acids is 2. The number of aryl methyl sites for hydroxylation is 4. The first-order valence-corrected chi connectivity index (χ1v) is 11.6. The molecule has 0 saturated carbocycles. The molecular formula is C30H32N4O2. The Morgan fingerprint density at radius 3 is 1.06 bits per heavy atom. The van der Waals surface area contributed by atoms with Crippen LogP contribution in [0.5, 0.6) is 0 Å². The SMILES string of the molecule is Cc1cccc(C)c1NC(=O)c1ccc(N)cc1.Cc1cccc(C)c1NC(=O)c1ccc(N)cc1. The number of carbonyl (C=O) groups is 2. The van der Waals surface area contributed by atoms with Crippen molar-refractivity contribution < 1.29 is 9.59 Å². The van der Waals surface area contributed by atoms with Crippen molar-refractivity contribution in [3.05, 3.63) is 118 Å². The predicted molar refractivity (Wildman–Crippen MR) is 149 cm³/mol. The van der Waals surface area contributed by atoms with Crippen molar-refractivity contribution in [1.29, 1.82) is 0 Å². The minimum Gasteiger partial charge on any atom is -0.399 e. The third-order valence-corrected chi connectivity index (χ3v) is 5.79. The van der Waals surface area contributed by atoms with Gasteiger partial charge in [-0.05, 0) is 98.5 Å². The van der Waals surface area contributed by atoms with Crippen LogP contribution < -0.4 is 22.1 Å². The van der Waals surface area contributed by atoms with E-state index in [2.05, 4.69) is 10.6 Å². The lowest BCUT2D eigenvalue weighted by atomic mass is 10.1. The molecule has 6 heteroatoms. The first-order valence-electron chi connectivity index (χ1n) is 11.6. The van der Waals surface area contributed by atoms with Crippen LogP contribution in [0.15, 0.2) is 84.9 Å². The zero-order valence-corrected chi connectivity index (χ0v) is 21.1. The van der Waals surface area contributed by atoms with Gasteiger partial charge in [0.15, 0.2) is 0 Å². The van der Waals surface area contributed by atoms with Crippen LogP contribution in [0, 0.1) is 27.7 Å². The Hall–Kier alpha value is -4.58. The summed E-state index contributed by atoms with van der Waals surface area (Å²) in [6.07, 6.45) is 0. The van der Waals surface area contributed by atoms with E-state index in [1.165, 1.54) is 0 Å². The molecule has 0 bridgehead atoms. The molecular weight excluding hydrogens is 448 g/mol. The largest absolute Gasteiger partial charge is 0.399 e. The van der Waals surface area contributed by atoms with Crippen molar-refractivity contribution in [3.8, 4) is 0 Å². The Morgan fingerprint density at radius 1 is 0.500 bits per heavy atom. The number of anilines is 4. The molecule has 4 aromatic carbocycles. The van der Waals surface area contributed by atoms with Gasteiger partial charge >= 0.3 is 0 Å². The molecule has 0 aliphatic carbocycles. The average molecular weight is 481 g/mol. The zero-order chi connectivity index (χ0) is 26.2. The minimum absolute atomic E-state index is 0.118. The van der Waals surface area contributed by atoms with Crippen LogP contribution in [0.25, 0.3) is 0 Å². The number of hydrogen-bond donors (Lipinski definition) is 4. The summed E-state index contributed by atoms with van der Waals surface area (Å²) in [7, 11) is 0. The molecule has 0 unspecified atom stereocenters. The maximum Gasteiger partial charge on any atom is 0.255 e. The number of nitrogens with one attached hydrogen (secondary N) is 2. The van der Waals surface area contributed by atoms with Gasteiger partial charge in [-0.3, -0.25) is 9.59 Å². The molecule has 4 rings (SSSR count). The van der Waals surface area contributed by atoms with E-state index >= 15 is 0 Å². The molecule has 36 heavy (non-hydrogen) atoms.